The Kier molecular flexibility index (Phi) is 6.06. The molecule has 0 aliphatic heterocycles. The zero-order valence-corrected chi connectivity index (χ0v) is 14.2. The molecule has 6 nitrogen and oxygen atoms in total. The highest BCUT2D eigenvalue weighted by atomic mass is 35.5. The molecule has 140 valence electrons. The number of ether oxygens (including phenoxy) is 1. The van der Waals surface area contributed by atoms with Crippen molar-refractivity contribution in [2.75, 3.05) is 13.6 Å². The topological polar surface area (TPSA) is 75.8 Å². The van der Waals surface area contributed by atoms with E-state index in [0.717, 1.165) is 23.3 Å². The minimum absolute atomic E-state index is 0.0151. The van der Waals surface area contributed by atoms with Crippen LogP contribution >= 0.6 is 11.6 Å². The van der Waals surface area contributed by atoms with Crippen LogP contribution in [0.4, 0.5) is 18.9 Å². The zero-order valence-electron chi connectivity index (χ0n) is 13.5. The summed E-state index contributed by atoms with van der Waals surface area (Å²) < 4.78 is 43.4. The van der Waals surface area contributed by atoms with E-state index in [9.17, 15) is 28.5 Å². The van der Waals surface area contributed by atoms with Crippen molar-refractivity contribution < 1.29 is 28.0 Å². The molecule has 26 heavy (non-hydrogen) atoms. The number of hydrogen-bond acceptors (Lipinski definition) is 5. The van der Waals surface area contributed by atoms with Crippen molar-refractivity contribution in [2.45, 2.75) is 12.6 Å². The van der Waals surface area contributed by atoms with E-state index in [-0.39, 0.29) is 35.2 Å². The molecule has 0 amide bonds. The van der Waals surface area contributed by atoms with Crippen LogP contribution in [0.2, 0.25) is 5.02 Å². The molecule has 0 unspecified atom stereocenters. The van der Waals surface area contributed by atoms with E-state index < -0.39 is 16.7 Å². The summed E-state index contributed by atoms with van der Waals surface area (Å²) in [4.78, 5) is 10.5. The first-order valence-electron chi connectivity index (χ1n) is 7.30. The molecule has 0 heterocycles. The number of nitro benzene ring substituents is 1. The van der Waals surface area contributed by atoms with Crippen molar-refractivity contribution >= 4 is 17.3 Å². The first-order valence-corrected chi connectivity index (χ1v) is 7.67. The number of nitro groups is 1. The number of likely N-dealkylation sites (N-methyl/N-ethyl adjacent to an activating group) is 1. The quantitative estimate of drug-likeness (QED) is 0.559. The third-order valence-corrected chi connectivity index (χ3v) is 3.73. The Hall–Kier alpha value is -2.36. The van der Waals surface area contributed by atoms with E-state index in [1.54, 1.807) is 0 Å². The summed E-state index contributed by atoms with van der Waals surface area (Å²) in [6, 6.07) is 6.57. The fraction of sp³-hybridized carbons (Fsp3) is 0.250. The first-order chi connectivity index (χ1) is 12.1. The highest BCUT2D eigenvalue weighted by Gasteiger charge is 2.31. The molecule has 0 saturated carbocycles. The number of hydrogen-bond donors (Lipinski definition) is 1. The van der Waals surface area contributed by atoms with Gasteiger partial charge in [0.1, 0.15) is 11.5 Å². The largest absolute Gasteiger partial charge is 0.456 e. The van der Waals surface area contributed by atoms with Gasteiger partial charge in [-0.15, -0.1) is 0 Å². The number of hydroxylamine groups is 2. The normalized spacial score (nSPS) is 11.7. The Bertz CT molecular complexity index is 813. The van der Waals surface area contributed by atoms with Crippen LogP contribution in [0.25, 0.3) is 0 Å². The predicted octanol–water partition coefficient (Wildman–Crippen LogP) is 4.92. The Balaban J connectivity index is 2.29. The summed E-state index contributed by atoms with van der Waals surface area (Å²) in [5, 5.41) is 20.9. The van der Waals surface area contributed by atoms with Crippen LogP contribution in [0.3, 0.4) is 0 Å². The molecule has 2 aromatic carbocycles. The molecule has 0 spiro atoms. The second-order valence-electron chi connectivity index (χ2n) is 5.42. The minimum atomic E-state index is -4.53. The van der Waals surface area contributed by atoms with Gasteiger partial charge in [-0.2, -0.15) is 18.2 Å². The highest BCUT2D eigenvalue weighted by molar-refractivity contribution is 6.32. The molecule has 0 fully saturated rings. The molecule has 0 aliphatic rings. The predicted molar refractivity (Wildman–Crippen MR) is 87.7 cm³/mol. The number of benzene rings is 2. The molecule has 0 aromatic heterocycles. The summed E-state index contributed by atoms with van der Waals surface area (Å²) in [6.07, 6.45) is -4.36. The van der Waals surface area contributed by atoms with Gasteiger partial charge in [0.25, 0.3) is 5.69 Å². The van der Waals surface area contributed by atoms with Gasteiger partial charge in [-0.05, 0) is 36.8 Å². The van der Waals surface area contributed by atoms with Gasteiger partial charge in [0, 0.05) is 25.2 Å². The zero-order chi connectivity index (χ0) is 19.5. The van der Waals surface area contributed by atoms with Crippen molar-refractivity contribution in [1.82, 2.24) is 5.06 Å². The average Bonchev–Trinajstić information content (AvgIpc) is 2.53. The summed E-state index contributed by atoms with van der Waals surface area (Å²) in [5.74, 6) is 0.159. The Morgan fingerprint density at radius 3 is 2.50 bits per heavy atom. The lowest BCUT2D eigenvalue weighted by molar-refractivity contribution is -0.385. The van der Waals surface area contributed by atoms with Crippen LogP contribution in [-0.2, 0) is 12.6 Å². The van der Waals surface area contributed by atoms with Crippen molar-refractivity contribution in [2.24, 2.45) is 0 Å². The van der Waals surface area contributed by atoms with Gasteiger partial charge in [-0.3, -0.25) is 10.1 Å². The molecule has 2 rings (SSSR count). The smallest absolute Gasteiger partial charge is 0.416 e. The number of nitrogens with zero attached hydrogens (tertiary/aromatic N) is 2. The van der Waals surface area contributed by atoms with E-state index in [1.807, 2.05) is 0 Å². The van der Waals surface area contributed by atoms with Crippen molar-refractivity contribution in [3.05, 3.63) is 62.7 Å². The van der Waals surface area contributed by atoms with Gasteiger partial charge in [0.15, 0.2) is 0 Å². The molecule has 0 saturated heterocycles. The lowest BCUT2D eigenvalue weighted by atomic mass is 10.1. The number of alkyl halides is 3. The number of rotatable bonds is 6. The summed E-state index contributed by atoms with van der Waals surface area (Å²) >= 11 is 5.84. The Morgan fingerprint density at radius 1 is 1.27 bits per heavy atom. The van der Waals surface area contributed by atoms with E-state index >= 15 is 0 Å². The van der Waals surface area contributed by atoms with E-state index in [0.29, 0.717) is 5.56 Å². The van der Waals surface area contributed by atoms with Gasteiger partial charge >= 0.3 is 6.18 Å². The first kappa shape index (κ1) is 20.0. The Morgan fingerprint density at radius 2 is 1.96 bits per heavy atom. The fourth-order valence-electron chi connectivity index (χ4n) is 2.17. The third-order valence-electron chi connectivity index (χ3n) is 3.44. The molecular formula is C16H14ClF3N2O4. The molecular weight excluding hydrogens is 377 g/mol. The van der Waals surface area contributed by atoms with Crippen LogP contribution in [0, 0.1) is 10.1 Å². The van der Waals surface area contributed by atoms with E-state index in [4.69, 9.17) is 16.3 Å². The standard InChI is InChI=1S/C16H14ClF3N2O4/c1-21(23)7-6-10-8-12(3-4-14(10)22(24)25)26-15-5-2-11(9-13(15)17)16(18,19)20/h2-5,8-9,23H,6-7H2,1H3. The molecule has 10 heteroatoms. The second kappa shape index (κ2) is 7.90. The van der Waals surface area contributed by atoms with E-state index in [1.165, 1.54) is 25.2 Å². The van der Waals surface area contributed by atoms with Crippen LogP contribution in [-0.4, -0.2) is 28.8 Å². The van der Waals surface area contributed by atoms with Crippen molar-refractivity contribution in [1.29, 1.82) is 0 Å². The maximum Gasteiger partial charge on any atom is 0.416 e. The second-order valence-corrected chi connectivity index (χ2v) is 5.83. The number of halogens is 4. The Labute approximate surface area is 151 Å². The SMILES string of the molecule is CN(O)CCc1cc(Oc2ccc(C(F)(F)F)cc2Cl)ccc1[N+](=O)[O-]. The molecule has 0 radical (unpaired) electrons. The molecule has 0 atom stereocenters. The van der Waals surface area contributed by atoms with Gasteiger partial charge < -0.3 is 9.94 Å². The highest BCUT2D eigenvalue weighted by Crippen LogP contribution is 2.37. The maximum absolute atomic E-state index is 12.7. The third kappa shape index (κ3) is 5.07. The molecule has 0 bridgehead atoms. The van der Waals surface area contributed by atoms with Crippen molar-refractivity contribution in [3.8, 4) is 11.5 Å². The fourth-order valence-corrected chi connectivity index (χ4v) is 2.39. The summed E-state index contributed by atoms with van der Waals surface area (Å²) in [5.41, 5.74) is -0.764. The van der Waals surface area contributed by atoms with Crippen LogP contribution < -0.4 is 4.74 Å². The molecule has 0 aliphatic carbocycles. The van der Waals surface area contributed by atoms with Gasteiger partial charge in [0.05, 0.1) is 15.5 Å². The summed E-state index contributed by atoms with van der Waals surface area (Å²) in [7, 11) is 1.40. The van der Waals surface area contributed by atoms with Gasteiger partial charge in [0.2, 0.25) is 0 Å². The lowest BCUT2D eigenvalue weighted by Gasteiger charge is -2.13. The van der Waals surface area contributed by atoms with E-state index in [2.05, 4.69) is 0 Å². The monoisotopic (exact) mass is 390 g/mol. The maximum atomic E-state index is 12.7. The van der Waals surface area contributed by atoms with Crippen molar-refractivity contribution in [3.63, 3.8) is 0 Å². The van der Waals surface area contributed by atoms with Crippen LogP contribution in [0.15, 0.2) is 36.4 Å². The lowest BCUT2D eigenvalue weighted by Crippen LogP contribution is -2.16. The molecule has 1 N–H and O–H groups in total. The van der Waals surface area contributed by atoms with Crippen LogP contribution in [0.1, 0.15) is 11.1 Å². The average molecular weight is 391 g/mol. The minimum Gasteiger partial charge on any atom is -0.456 e. The van der Waals surface area contributed by atoms with Crippen LogP contribution in [0.5, 0.6) is 11.5 Å². The molecule has 2 aromatic rings. The summed E-state index contributed by atoms with van der Waals surface area (Å²) in [6.45, 7) is 0.144. The van der Waals surface area contributed by atoms with Gasteiger partial charge in [-0.1, -0.05) is 11.6 Å². The van der Waals surface area contributed by atoms with Gasteiger partial charge in [-0.25, -0.2) is 0 Å².